The highest BCUT2D eigenvalue weighted by atomic mass is 16.5. The topological polar surface area (TPSA) is 74.7 Å². The lowest BCUT2D eigenvalue weighted by Gasteiger charge is -2.34. The number of aliphatic hydroxyl groups excluding tert-OH is 1. The molecule has 0 radical (unpaired) electrons. The summed E-state index contributed by atoms with van der Waals surface area (Å²) in [5, 5.41) is 13.5. The van der Waals surface area contributed by atoms with Crippen LogP contribution in [0.1, 0.15) is 31.6 Å². The predicted octanol–water partition coefficient (Wildman–Crippen LogP) is 4.01. The van der Waals surface area contributed by atoms with Crippen LogP contribution in [-0.4, -0.2) is 40.7 Å². The van der Waals surface area contributed by atoms with E-state index in [0.29, 0.717) is 36.8 Å². The summed E-state index contributed by atoms with van der Waals surface area (Å²) in [5.74, 6) is 0.726. The normalized spacial score (nSPS) is 15.7. The van der Waals surface area contributed by atoms with E-state index >= 15 is 0 Å². The quantitative estimate of drug-likeness (QED) is 0.742. The van der Waals surface area contributed by atoms with Crippen LogP contribution in [0, 0.1) is 5.92 Å². The monoisotopic (exact) mass is 381 g/mol. The molecule has 28 heavy (non-hydrogen) atoms. The number of benzene rings is 1. The second kappa shape index (κ2) is 9.37. The number of piperidine rings is 1. The Morgan fingerprint density at radius 2 is 2.00 bits per heavy atom. The molecule has 1 saturated heterocycles. The summed E-state index contributed by atoms with van der Waals surface area (Å²) in [6, 6.07) is 12.8. The molecule has 0 saturated carbocycles. The number of pyridine rings is 1. The number of aliphatic hydroxyl groups is 1. The number of anilines is 1. The highest BCUT2D eigenvalue weighted by Gasteiger charge is 2.29. The number of urea groups is 1. The molecule has 0 unspecified atom stereocenters. The Kier molecular flexibility index (Phi) is 6.66. The molecule has 3 rings (SSSR count). The van der Waals surface area contributed by atoms with Crippen molar-refractivity contribution in [2.24, 2.45) is 5.92 Å². The van der Waals surface area contributed by atoms with Gasteiger partial charge in [0, 0.05) is 19.3 Å². The van der Waals surface area contributed by atoms with E-state index in [1.165, 1.54) is 0 Å². The van der Waals surface area contributed by atoms with Crippen LogP contribution >= 0.6 is 0 Å². The Morgan fingerprint density at radius 1 is 1.29 bits per heavy atom. The summed E-state index contributed by atoms with van der Waals surface area (Å²) < 4.78 is 5.71. The molecule has 0 spiro atoms. The van der Waals surface area contributed by atoms with E-state index in [-0.39, 0.29) is 11.9 Å². The van der Waals surface area contributed by atoms with Crippen molar-refractivity contribution in [2.75, 3.05) is 25.0 Å². The molecule has 1 aromatic heterocycles. The molecule has 1 aromatic carbocycles. The van der Waals surface area contributed by atoms with Crippen LogP contribution in [0.25, 0.3) is 0 Å². The van der Waals surface area contributed by atoms with E-state index in [4.69, 9.17) is 4.74 Å². The number of carbonyl (C=O) groups excluding carboxylic acids is 1. The van der Waals surface area contributed by atoms with E-state index in [1.807, 2.05) is 49.4 Å². The highest BCUT2D eigenvalue weighted by molar-refractivity contribution is 5.91. The molecule has 1 aliphatic rings. The van der Waals surface area contributed by atoms with Gasteiger partial charge in [0.05, 0.1) is 17.5 Å². The number of ether oxygens (including phenoxy) is 1. The van der Waals surface area contributed by atoms with Crippen molar-refractivity contribution in [1.82, 2.24) is 9.88 Å². The summed E-state index contributed by atoms with van der Waals surface area (Å²) in [5.41, 5.74) is 2.24. The molecular formula is C22H27N3O3. The fourth-order valence-electron chi connectivity index (χ4n) is 3.30. The third-order valence-electron chi connectivity index (χ3n) is 4.87. The van der Waals surface area contributed by atoms with Gasteiger partial charge in [-0.05, 0) is 55.5 Å². The Morgan fingerprint density at radius 3 is 2.68 bits per heavy atom. The number of aromatic nitrogens is 1. The van der Waals surface area contributed by atoms with Gasteiger partial charge >= 0.3 is 6.03 Å². The van der Waals surface area contributed by atoms with Gasteiger partial charge < -0.3 is 20.1 Å². The number of carbonyl (C=O) groups is 1. The Balaban J connectivity index is 1.55. The number of amides is 2. The Labute approximate surface area is 165 Å². The number of hydrogen-bond donors (Lipinski definition) is 2. The predicted molar refractivity (Wildman–Crippen MR) is 109 cm³/mol. The fraction of sp³-hybridized carbons (Fsp3) is 0.364. The molecule has 0 aliphatic carbocycles. The molecule has 1 fully saturated rings. The number of hydrogen-bond acceptors (Lipinski definition) is 4. The molecule has 1 aliphatic heterocycles. The van der Waals surface area contributed by atoms with Gasteiger partial charge in [-0.1, -0.05) is 24.8 Å². The number of rotatable bonds is 6. The fourth-order valence-corrected chi connectivity index (χ4v) is 3.30. The maximum Gasteiger partial charge on any atom is 0.321 e. The maximum absolute atomic E-state index is 12.7. The zero-order chi connectivity index (χ0) is 19.9. The van der Waals surface area contributed by atoms with Crippen LogP contribution < -0.4 is 10.1 Å². The summed E-state index contributed by atoms with van der Waals surface area (Å²) >= 11 is 0. The van der Waals surface area contributed by atoms with Gasteiger partial charge in [-0.3, -0.25) is 4.98 Å². The average molecular weight is 381 g/mol. The second-order valence-corrected chi connectivity index (χ2v) is 7.20. The lowest BCUT2D eigenvalue weighted by atomic mass is 9.89. The summed E-state index contributed by atoms with van der Waals surface area (Å²) in [6.07, 6.45) is 2.56. The number of nitrogens with zero attached hydrogens (tertiary/aromatic N) is 2. The Hall–Kier alpha value is -2.86. The first-order valence-electron chi connectivity index (χ1n) is 9.55. The van der Waals surface area contributed by atoms with Gasteiger partial charge in [0.1, 0.15) is 12.4 Å². The van der Waals surface area contributed by atoms with Gasteiger partial charge in [0.25, 0.3) is 0 Å². The highest BCUT2D eigenvalue weighted by Crippen LogP contribution is 2.30. The van der Waals surface area contributed by atoms with E-state index in [2.05, 4.69) is 16.9 Å². The average Bonchev–Trinajstić information content (AvgIpc) is 2.73. The molecular weight excluding hydrogens is 354 g/mol. The summed E-state index contributed by atoms with van der Waals surface area (Å²) in [7, 11) is 0. The Bertz CT molecular complexity index is 802. The van der Waals surface area contributed by atoms with Crippen molar-refractivity contribution in [3.8, 4) is 5.75 Å². The number of para-hydroxylation sites is 2. The zero-order valence-electron chi connectivity index (χ0n) is 16.2. The largest absolute Gasteiger partial charge is 0.487 e. The molecule has 2 heterocycles. The minimum Gasteiger partial charge on any atom is -0.487 e. The van der Waals surface area contributed by atoms with E-state index < -0.39 is 6.10 Å². The molecule has 0 bridgehead atoms. The van der Waals surface area contributed by atoms with Crippen molar-refractivity contribution < 1.29 is 14.6 Å². The third kappa shape index (κ3) is 5.10. The van der Waals surface area contributed by atoms with Crippen LogP contribution in [-0.2, 0) is 0 Å². The molecule has 148 valence electrons. The summed E-state index contributed by atoms with van der Waals surface area (Å²) in [4.78, 5) is 18.7. The van der Waals surface area contributed by atoms with Crippen molar-refractivity contribution in [2.45, 2.75) is 25.9 Å². The van der Waals surface area contributed by atoms with Gasteiger partial charge in [-0.15, -0.1) is 0 Å². The van der Waals surface area contributed by atoms with E-state index in [0.717, 1.165) is 18.4 Å². The second-order valence-electron chi connectivity index (χ2n) is 7.20. The van der Waals surface area contributed by atoms with Crippen LogP contribution in [0.4, 0.5) is 10.5 Å². The molecule has 6 heteroatoms. The minimum atomic E-state index is -0.595. The molecule has 2 N–H and O–H groups in total. The number of nitrogens with one attached hydrogen (secondary N) is 1. The molecule has 6 nitrogen and oxygen atoms in total. The SMILES string of the molecule is C=C(C)COc1ccccc1NC(=O)N1CCC([C@H](O)c2ccccn2)CC1. The van der Waals surface area contributed by atoms with Crippen molar-refractivity contribution >= 4 is 11.7 Å². The lowest BCUT2D eigenvalue weighted by molar-refractivity contribution is 0.0652. The van der Waals surface area contributed by atoms with Crippen LogP contribution in [0.3, 0.4) is 0 Å². The first-order valence-corrected chi connectivity index (χ1v) is 9.55. The first kappa shape index (κ1) is 19.9. The van der Waals surface area contributed by atoms with Crippen molar-refractivity contribution in [3.63, 3.8) is 0 Å². The van der Waals surface area contributed by atoms with Crippen LogP contribution in [0.5, 0.6) is 5.75 Å². The van der Waals surface area contributed by atoms with Gasteiger partial charge in [-0.2, -0.15) is 0 Å². The van der Waals surface area contributed by atoms with Gasteiger partial charge in [0.15, 0.2) is 0 Å². The van der Waals surface area contributed by atoms with Gasteiger partial charge in [0.2, 0.25) is 0 Å². The lowest BCUT2D eigenvalue weighted by Crippen LogP contribution is -2.42. The third-order valence-corrected chi connectivity index (χ3v) is 4.87. The number of likely N-dealkylation sites (tertiary alicyclic amines) is 1. The first-order chi connectivity index (χ1) is 13.5. The van der Waals surface area contributed by atoms with Gasteiger partial charge in [-0.25, -0.2) is 4.79 Å². The molecule has 1 atom stereocenters. The smallest absolute Gasteiger partial charge is 0.321 e. The van der Waals surface area contributed by atoms with Crippen molar-refractivity contribution in [3.05, 3.63) is 66.5 Å². The maximum atomic E-state index is 12.7. The molecule has 2 aromatic rings. The van der Waals surface area contributed by atoms with E-state index in [1.54, 1.807) is 11.1 Å². The molecule has 2 amide bonds. The standard InChI is InChI=1S/C22H27N3O3/c1-16(2)15-28-20-9-4-3-7-18(20)24-22(27)25-13-10-17(11-14-25)21(26)19-8-5-6-12-23-19/h3-9,12,17,21,26H,1,10-11,13-15H2,2H3,(H,24,27)/t21-/m0/s1. The van der Waals surface area contributed by atoms with E-state index in [9.17, 15) is 9.90 Å². The minimum absolute atomic E-state index is 0.102. The summed E-state index contributed by atoms with van der Waals surface area (Å²) in [6.45, 7) is 7.32. The zero-order valence-corrected chi connectivity index (χ0v) is 16.2. The van der Waals surface area contributed by atoms with Crippen molar-refractivity contribution in [1.29, 1.82) is 0 Å². The van der Waals surface area contributed by atoms with Crippen LogP contribution in [0.15, 0.2) is 60.8 Å². The van der Waals surface area contributed by atoms with Crippen LogP contribution in [0.2, 0.25) is 0 Å².